The van der Waals surface area contributed by atoms with Gasteiger partial charge >= 0.3 is 0 Å². The van der Waals surface area contributed by atoms with Crippen molar-refractivity contribution in [3.05, 3.63) is 11.6 Å². The summed E-state index contributed by atoms with van der Waals surface area (Å²) in [4.78, 5) is 11.9. The number of hydrogen-bond donors (Lipinski definition) is 3. The van der Waals surface area contributed by atoms with Gasteiger partial charge < -0.3 is 15.5 Å². The van der Waals surface area contributed by atoms with Gasteiger partial charge in [-0.2, -0.15) is 5.26 Å². The van der Waals surface area contributed by atoms with Crippen LogP contribution < -0.4 is 5.32 Å². The van der Waals surface area contributed by atoms with E-state index in [0.717, 1.165) is 0 Å². The summed E-state index contributed by atoms with van der Waals surface area (Å²) in [5.41, 5.74) is -1.39. The van der Waals surface area contributed by atoms with E-state index in [1.165, 1.54) is 0 Å². The normalized spacial score (nSPS) is 13.1. The quantitative estimate of drug-likeness (QED) is 0.498. The highest BCUT2D eigenvalue weighted by molar-refractivity contribution is 5.97. The lowest BCUT2D eigenvalue weighted by Gasteiger charge is -2.29. The zero-order valence-corrected chi connectivity index (χ0v) is 11.4. The van der Waals surface area contributed by atoms with Crippen LogP contribution in [0.25, 0.3) is 0 Å². The Bertz CT molecular complexity index is 349. The molecule has 102 valence electrons. The van der Waals surface area contributed by atoms with Crippen LogP contribution in [0.2, 0.25) is 0 Å². The number of amides is 1. The molecule has 3 N–H and O–H groups in total. The van der Waals surface area contributed by atoms with Gasteiger partial charge in [-0.25, -0.2) is 0 Å². The Morgan fingerprint density at radius 3 is 2.11 bits per heavy atom. The Morgan fingerprint density at radius 1 is 1.33 bits per heavy atom. The molecule has 0 saturated carbocycles. The average molecular weight is 254 g/mol. The summed E-state index contributed by atoms with van der Waals surface area (Å²) >= 11 is 0. The number of aliphatic hydroxyl groups is 2. The van der Waals surface area contributed by atoms with Gasteiger partial charge in [0.05, 0.1) is 18.8 Å². The van der Waals surface area contributed by atoms with Crippen LogP contribution in [-0.2, 0) is 4.79 Å². The summed E-state index contributed by atoms with van der Waals surface area (Å²) in [6.07, 6.45) is 1.94. The van der Waals surface area contributed by atoms with Crippen LogP contribution in [0.1, 0.15) is 34.1 Å². The van der Waals surface area contributed by atoms with Crippen LogP contribution in [0.3, 0.4) is 0 Å². The first-order valence-electron chi connectivity index (χ1n) is 5.91. The number of rotatable bonds is 5. The van der Waals surface area contributed by atoms with Gasteiger partial charge in [0.1, 0.15) is 11.6 Å². The minimum Gasteiger partial charge on any atom is -0.394 e. The van der Waals surface area contributed by atoms with Crippen LogP contribution >= 0.6 is 0 Å². The maximum atomic E-state index is 11.9. The summed E-state index contributed by atoms with van der Waals surface area (Å²) in [5.74, 6) is -0.572. The van der Waals surface area contributed by atoms with Crippen LogP contribution in [-0.4, -0.2) is 34.9 Å². The molecule has 0 rings (SSSR count). The van der Waals surface area contributed by atoms with Gasteiger partial charge in [0.25, 0.3) is 5.91 Å². The Balaban J connectivity index is 5.06. The third kappa shape index (κ3) is 4.86. The molecule has 0 aliphatic carbocycles. The maximum absolute atomic E-state index is 11.9. The summed E-state index contributed by atoms with van der Waals surface area (Å²) < 4.78 is 0. The molecule has 0 aromatic heterocycles. The fraction of sp³-hybridized carbons (Fsp3) is 0.692. The second-order valence-corrected chi connectivity index (χ2v) is 5.44. The van der Waals surface area contributed by atoms with Crippen molar-refractivity contribution < 1.29 is 15.0 Å². The molecule has 0 saturated heterocycles. The largest absolute Gasteiger partial charge is 0.394 e. The standard InChI is InChI=1S/C13H22N2O3/c1-5-13(8-16,9-17)15-11(18)10(7-14)6-12(2,3)4/h6,16-17H,5,8-9H2,1-4H3,(H,15,18)/b10-6+. The molecule has 18 heavy (non-hydrogen) atoms. The van der Waals surface area contributed by atoms with Crippen molar-refractivity contribution in [2.75, 3.05) is 13.2 Å². The first-order valence-corrected chi connectivity index (χ1v) is 5.91. The topological polar surface area (TPSA) is 93.3 Å². The van der Waals surface area contributed by atoms with Gasteiger partial charge in [-0.1, -0.05) is 33.8 Å². The van der Waals surface area contributed by atoms with Crippen molar-refractivity contribution in [3.8, 4) is 6.07 Å². The van der Waals surface area contributed by atoms with Crippen molar-refractivity contribution in [1.29, 1.82) is 5.26 Å². The predicted molar refractivity (Wildman–Crippen MR) is 68.5 cm³/mol. The van der Waals surface area contributed by atoms with E-state index in [1.807, 2.05) is 26.8 Å². The number of carbonyl (C=O) groups excluding carboxylic acids is 1. The molecule has 0 bridgehead atoms. The molecule has 5 nitrogen and oxygen atoms in total. The summed E-state index contributed by atoms with van der Waals surface area (Å²) in [7, 11) is 0. The molecule has 0 aromatic carbocycles. The number of carbonyl (C=O) groups is 1. The smallest absolute Gasteiger partial charge is 0.262 e. The molecule has 0 aromatic rings. The number of aliphatic hydroxyl groups excluding tert-OH is 2. The van der Waals surface area contributed by atoms with Crippen LogP contribution in [0.15, 0.2) is 11.6 Å². The van der Waals surface area contributed by atoms with E-state index < -0.39 is 11.4 Å². The third-order valence-corrected chi connectivity index (χ3v) is 2.60. The van der Waals surface area contributed by atoms with E-state index in [2.05, 4.69) is 5.32 Å². The van der Waals surface area contributed by atoms with E-state index in [4.69, 9.17) is 5.26 Å². The minimum atomic E-state index is -1.08. The fourth-order valence-electron chi connectivity index (χ4n) is 1.33. The van der Waals surface area contributed by atoms with E-state index in [-0.39, 0.29) is 24.2 Å². The van der Waals surface area contributed by atoms with Crippen molar-refractivity contribution in [2.24, 2.45) is 5.41 Å². The van der Waals surface area contributed by atoms with E-state index in [0.29, 0.717) is 6.42 Å². The number of nitriles is 1. The first kappa shape index (κ1) is 16.6. The molecular weight excluding hydrogens is 232 g/mol. The van der Waals surface area contributed by atoms with E-state index >= 15 is 0 Å². The van der Waals surface area contributed by atoms with Crippen LogP contribution in [0.4, 0.5) is 0 Å². The summed E-state index contributed by atoms with van der Waals surface area (Å²) in [6.45, 7) is 6.63. The SMILES string of the molecule is CCC(CO)(CO)NC(=O)/C(C#N)=C/C(C)(C)C. The molecule has 0 radical (unpaired) electrons. The molecule has 1 amide bonds. The van der Waals surface area contributed by atoms with Crippen molar-refractivity contribution >= 4 is 5.91 Å². The number of allylic oxidation sites excluding steroid dienone is 1. The Kier molecular flexibility index (Phi) is 6.02. The van der Waals surface area contributed by atoms with Gasteiger partial charge in [-0.15, -0.1) is 0 Å². The third-order valence-electron chi connectivity index (χ3n) is 2.60. The molecule has 0 aliphatic rings. The highest BCUT2D eigenvalue weighted by Gasteiger charge is 2.30. The highest BCUT2D eigenvalue weighted by Crippen LogP contribution is 2.18. The minimum absolute atomic E-state index is 0.0118. The lowest BCUT2D eigenvalue weighted by molar-refractivity contribution is -0.120. The van der Waals surface area contributed by atoms with Crippen LogP contribution in [0.5, 0.6) is 0 Å². The number of nitrogens with one attached hydrogen (secondary N) is 1. The number of hydrogen-bond acceptors (Lipinski definition) is 4. The van der Waals surface area contributed by atoms with Crippen LogP contribution in [0, 0.1) is 16.7 Å². The lowest BCUT2D eigenvalue weighted by Crippen LogP contribution is -2.54. The molecular formula is C13H22N2O3. The summed E-state index contributed by atoms with van der Waals surface area (Å²) in [5, 5.41) is 30.0. The van der Waals surface area contributed by atoms with Crippen molar-refractivity contribution in [3.63, 3.8) is 0 Å². The predicted octanol–water partition coefficient (Wildman–Crippen LogP) is 0.732. The average Bonchev–Trinajstić information content (AvgIpc) is 2.32. The molecule has 0 heterocycles. The molecule has 0 fully saturated rings. The van der Waals surface area contributed by atoms with Gasteiger partial charge in [0.15, 0.2) is 0 Å². The number of nitrogens with zero attached hydrogens (tertiary/aromatic N) is 1. The highest BCUT2D eigenvalue weighted by atomic mass is 16.3. The van der Waals surface area contributed by atoms with Gasteiger partial charge in [-0.05, 0) is 11.8 Å². The van der Waals surface area contributed by atoms with Crippen molar-refractivity contribution in [1.82, 2.24) is 5.32 Å². The first-order chi connectivity index (χ1) is 8.23. The Morgan fingerprint density at radius 2 is 1.83 bits per heavy atom. The second kappa shape index (κ2) is 6.53. The zero-order chi connectivity index (χ0) is 14.4. The molecule has 0 unspecified atom stereocenters. The molecule has 0 atom stereocenters. The molecule has 5 heteroatoms. The van der Waals surface area contributed by atoms with Gasteiger partial charge in [0.2, 0.25) is 0 Å². The zero-order valence-electron chi connectivity index (χ0n) is 11.4. The monoisotopic (exact) mass is 254 g/mol. The lowest BCUT2D eigenvalue weighted by atomic mass is 9.92. The Hall–Kier alpha value is -1.38. The Labute approximate surface area is 108 Å². The second-order valence-electron chi connectivity index (χ2n) is 5.44. The molecule has 0 aliphatic heterocycles. The van der Waals surface area contributed by atoms with Gasteiger partial charge in [0, 0.05) is 0 Å². The fourth-order valence-corrected chi connectivity index (χ4v) is 1.33. The molecule has 0 spiro atoms. The van der Waals surface area contributed by atoms with E-state index in [9.17, 15) is 15.0 Å². The maximum Gasteiger partial charge on any atom is 0.262 e. The van der Waals surface area contributed by atoms with Crippen molar-refractivity contribution in [2.45, 2.75) is 39.7 Å². The summed E-state index contributed by atoms with van der Waals surface area (Å²) in [6, 6.07) is 1.84. The van der Waals surface area contributed by atoms with E-state index in [1.54, 1.807) is 13.0 Å². The van der Waals surface area contributed by atoms with Gasteiger partial charge in [-0.3, -0.25) is 4.79 Å².